The van der Waals surface area contributed by atoms with Crippen LogP contribution in [0, 0.1) is 6.92 Å². The maximum atomic E-state index is 12.1. The van der Waals surface area contributed by atoms with Crippen LogP contribution in [0.15, 0.2) is 141 Å². The molecule has 51 heavy (non-hydrogen) atoms. The highest BCUT2D eigenvalue weighted by Gasteiger charge is 2.53. The molecule has 1 aromatic heterocycles. The molecule has 3 aromatic carbocycles. The van der Waals surface area contributed by atoms with E-state index in [1.165, 1.54) is 43.8 Å². The van der Waals surface area contributed by atoms with Crippen molar-refractivity contribution in [1.29, 1.82) is 0 Å². The van der Waals surface area contributed by atoms with Crippen LogP contribution in [0.2, 0.25) is 0 Å². The second-order valence-electron chi connectivity index (χ2n) is 14.0. The molecule has 0 bridgehead atoms. The van der Waals surface area contributed by atoms with E-state index in [9.17, 15) is 13.0 Å². The highest BCUT2D eigenvalue weighted by Crippen LogP contribution is 2.50. The minimum Gasteiger partial charge on any atom is -0.282 e. The molecule has 3 heterocycles. The van der Waals surface area contributed by atoms with Crippen LogP contribution in [-0.4, -0.2) is 23.3 Å². The molecule has 0 atom stereocenters. The monoisotopic (exact) mass is 731 g/mol. The van der Waals surface area contributed by atoms with Crippen molar-refractivity contribution in [2.45, 2.75) is 70.6 Å². The van der Waals surface area contributed by atoms with E-state index in [0.717, 1.165) is 70.0 Å². The number of hydrogen-bond donors (Lipinski definition) is 1. The number of allylic oxidation sites excluding steroid dienone is 9. The van der Waals surface area contributed by atoms with Gasteiger partial charge in [0.25, 0.3) is 10.1 Å². The second kappa shape index (κ2) is 13.7. The summed E-state index contributed by atoms with van der Waals surface area (Å²) in [6.07, 6.45) is 12.3. The Morgan fingerprint density at radius 2 is 1.61 bits per heavy atom. The lowest BCUT2D eigenvalue weighted by Gasteiger charge is -2.21. The van der Waals surface area contributed by atoms with Gasteiger partial charge in [0.15, 0.2) is 5.70 Å². The number of hydrogen-bond acceptors (Lipinski definition) is 2. The molecule has 4 aromatic rings. The minimum atomic E-state index is -4.33. The van der Waals surface area contributed by atoms with E-state index in [1.54, 1.807) is 17.4 Å². The van der Waals surface area contributed by atoms with Crippen molar-refractivity contribution in [3.63, 3.8) is 0 Å². The van der Waals surface area contributed by atoms with Gasteiger partial charge in [0, 0.05) is 51.9 Å². The van der Waals surface area contributed by atoms with Gasteiger partial charge in [-0.2, -0.15) is 13.0 Å². The maximum Gasteiger partial charge on any atom is 0.294 e. The Morgan fingerprint density at radius 1 is 0.922 bits per heavy atom. The third-order valence-corrected chi connectivity index (χ3v) is 12.7. The summed E-state index contributed by atoms with van der Waals surface area (Å²) >= 11 is 9.03. The predicted molar refractivity (Wildman–Crippen MR) is 213 cm³/mol. The Kier molecular flexibility index (Phi) is 9.49. The van der Waals surface area contributed by atoms with Gasteiger partial charge >= 0.3 is 0 Å². The van der Waals surface area contributed by atoms with Crippen molar-refractivity contribution < 1.29 is 17.5 Å². The number of benzene rings is 3. The fourth-order valence-corrected chi connectivity index (χ4v) is 9.54. The van der Waals surface area contributed by atoms with Crippen molar-refractivity contribution in [2.75, 3.05) is 0 Å². The Bertz CT molecular complexity index is 2380. The van der Waals surface area contributed by atoms with Crippen LogP contribution in [0.3, 0.4) is 0 Å². The van der Waals surface area contributed by atoms with Crippen LogP contribution in [0.25, 0.3) is 27.0 Å². The fourth-order valence-electron chi connectivity index (χ4n) is 7.60. The summed E-state index contributed by atoms with van der Waals surface area (Å²) in [5.74, 6) is 0. The third kappa shape index (κ3) is 6.67. The van der Waals surface area contributed by atoms with E-state index >= 15 is 0 Å². The summed E-state index contributed by atoms with van der Waals surface area (Å²) in [7, 11) is -4.33. The molecular weight excluding hydrogens is 690 g/mol. The van der Waals surface area contributed by atoms with E-state index in [-0.39, 0.29) is 4.90 Å². The van der Waals surface area contributed by atoms with Crippen LogP contribution in [-0.2, 0) is 15.5 Å². The van der Waals surface area contributed by atoms with E-state index in [4.69, 9.17) is 11.6 Å². The second-order valence-corrected chi connectivity index (χ2v) is 16.9. The van der Waals surface area contributed by atoms with E-state index < -0.39 is 15.5 Å². The predicted octanol–water partition coefficient (Wildman–Crippen LogP) is 12.2. The lowest BCUT2D eigenvalue weighted by atomic mass is 9.77. The average molecular weight is 732 g/mol. The zero-order valence-electron chi connectivity index (χ0n) is 29.6. The summed E-state index contributed by atoms with van der Waals surface area (Å²) in [5, 5.41) is 0.797. The molecule has 0 radical (unpaired) electrons. The van der Waals surface area contributed by atoms with Gasteiger partial charge in [-0.05, 0) is 106 Å². The van der Waals surface area contributed by atoms with Crippen molar-refractivity contribution in [3.05, 3.63) is 153 Å². The van der Waals surface area contributed by atoms with Gasteiger partial charge in [0.2, 0.25) is 32.5 Å². The standard InChI is InChI=1S/C44H41ClNO3S2/c1-6-38-29(3)36(43-44(4,5)37-27-35(51(47,48)49)22-23-39(37)46(38)43)26-34-17-11-16-33(42(34)45)15-10-12-30-24-40(31-13-8-7-9-14-31)50-41(25-30)32-20-18-28(2)19-21-32/h7-10,12-15,18-27H,6,11,16-17H2,1-5H3/q+1/p+1/b12-10+,33-15-,36-26-. The first kappa shape index (κ1) is 35.2. The number of rotatable bonds is 7. The highest BCUT2D eigenvalue weighted by atomic mass is 35.5. The highest BCUT2D eigenvalue weighted by molar-refractivity contribution is 7.85. The Hall–Kier alpha value is -4.20. The number of fused-ring (bicyclic) bond motifs is 2. The zero-order chi connectivity index (χ0) is 36.1. The van der Waals surface area contributed by atoms with Crippen LogP contribution in [0.4, 0.5) is 5.69 Å². The van der Waals surface area contributed by atoms with Crippen LogP contribution < -0.4 is 0 Å². The first-order valence-corrected chi connectivity index (χ1v) is 20.1. The van der Waals surface area contributed by atoms with E-state index in [1.807, 2.05) is 12.1 Å². The number of aryl methyl sites for hydroxylation is 1. The van der Waals surface area contributed by atoms with E-state index in [0.29, 0.717) is 0 Å². The normalized spacial score (nSPS) is 18.8. The van der Waals surface area contributed by atoms with Crippen molar-refractivity contribution in [1.82, 2.24) is 0 Å². The fraction of sp³-hybridized carbons (Fsp3) is 0.227. The molecule has 2 aliphatic heterocycles. The van der Waals surface area contributed by atoms with Gasteiger partial charge in [0.1, 0.15) is 0 Å². The van der Waals surface area contributed by atoms with Gasteiger partial charge in [0.05, 0.1) is 15.9 Å². The van der Waals surface area contributed by atoms with Gasteiger partial charge < -0.3 is 0 Å². The number of nitrogens with zero attached hydrogens (tertiary/aromatic N) is 1. The summed E-state index contributed by atoms with van der Waals surface area (Å²) in [5.41, 5.74) is 13.0. The molecule has 0 spiro atoms. The molecule has 0 fully saturated rings. The van der Waals surface area contributed by atoms with Gasteiger partial charge in [-0.15, -0.1) is 0 Å². The minimum absolute atomic E-state index is 0.0833. The SMILES string of the molecule is CCC1=C(C)/C(=C/C2=C(Cl)C(=C\C=C\c3cc(-c4ccccc4)[s+]c(-c4ccc(C)cc4)c3)/CCC2)C2=[N+]1c1ccc(S(=O)(=O)O)cc1C2(C)C. The Balaban J connectivity index is 1.24. The summed E-state index contributed by atoms with van der Waals surface area (Å²) in [6, 6.07) is 28.7. The molecule has 0 saturated carbocycles. The topological polar surface area (TPSA) is 57.4 Å². The average Bonchev–Trinajstić information content (AvgIpc) is 3.53. The quantitative estimate of drug-likeness (QED) is 0.117. The Labute approximate surface area is 310 Å². The van der Waals surface area contributed by atoms with Crippen molar-refractivity contribution in [2.24, 2.45) is 0 Å². The third-order valence-electron chi connectivity index (χ3n) is 10.3. The van der Waals surface area contributed by atoms with Crippen molar-refractivity contribution in [3.8, 4) is 20.9 Å². The van der Waals surface area contributed by atoms with Crippen molar-refractivity contribution >= 4 is 50.5 Å². The molecule has 4 nitrogen and oxygen atoms in total. The van der Waals surface area contributed by atoms with Gasteiger partial charge in [-0.25, -0.2) is 0 Å². The van der Waals surface area contributed by atoms with Crippen LogP contribution >= 0.6 is 22.9 Å². The Morgan fingerprint density at radius 3 is 2.27 bits per heavy atom. The van der Waals surface area contributed by atoms with Crippen LogP contribution in [0.5, 0.6) is 0 Å². The first-order valence-electron chi connectivity index (χ1n) is 17.5. The molecule has 3 aliphatic rings. The molecule has 1 aliphatic carbocycles. The molecule has 0 saturated heterocycles. The largest absolute Gasteiger partial charge is 0.294 e. The van der Waals surface area contributed by atoms with Crippen LogP contribution in [0.1, 0.15) is 70.1 Å². The van der Waals surface area contributed by atoms with E-state index in [2.05, 4.69) is 124 Å². The molecule has 0 amide bonds. The number of halogens is 1. The molecular formula is C44H42ClNO3S2+2. The lowest BCUT2D eigenvalue weighted by Crippen LogP contribution is -2.28. The lowest BCUT2D eigenvalue weighted by molar-refractivity contribution is -0.380. The van der Waals surface area contributed by atoms with Gasteiger partial charge in [-0.1, -0.05) is 72.6 Å². The molecule has 1 N–H and O–H groups in total. The molecule has 7 rings (SSSR count). The molecule has 0 unspecified atom stereocenters. The summed E-state index contributed by atoms with van der Waals surface area (Å²) in [4.78, 5) is 2.35. The smallest absolute Gasteiger partial charge is 0.282 e. The molecule has 7 heteroatoms. The van der Waals surface area contributed by atoms with Gasteiger partial charge in [-0.3, -0.25) is 4.55 Å². The maximum absolute atomic E-state index is 12.1. The summed E-state index contributed by atoms with van der Waals surface area (Å²) in [6.45, 7) is 10.7. The zero-order valence-corrected chi connectivity index (χ0v) is 32.0. The summed E-state index contributed by atoms with van der Waals surface area (Å²) < 4.78 is 36.2. The first-order chi connectivity index (χ1) is 24.4. The molecule has 258 valence electrons.